The molecule has 0 bridgehead atoms. The van der Waals surface area contributed by atoms with Crippen LogP contribution in [0.25, 0.3) is 28.4 Å². The van der Waals surface area contributed by atoms with Crippen molar-refractivity contribution in [3.05, 3.63) is 66.2 Å². The van der Waals surface area contributed by atoms with Crippen molar-refractivity contribution in [1.29, 1.82) is 0 Å². The van der Waals surface area contributed by atoms with Crippen molar-refractivity contribution < 1.29 is 114 Å². The predicted molar refractivity (Wildman–Crippen MR) is 214 cm³/mol. The smallest absolute Gasteiger partial charge is 0.402 e. The highest BCUT2D eigenvalue weighted by Crippen LogP contribution is 2.45. The van der Waals surface area contributed by atoms with Crippen LogP contribution in [0.5, 0.6) is 40.2 Å². The zero-order chi connectivity index (χ0) is 47.0. The number of fused-ring (bicyclic) bond motifs is 1. The molecule has 3 aromatic carbocycles. The van der Waals surface area contributed by atoms with Crippen LogP contribution in [-0.4, -0.2) is 183 Å². The standard InChI is InChI=1S/C42H46O23/c1-15-38(65-28(48)7-4-16-2-5-18(44)6-3-16)34(54)37(57)40(59-15)58-14-27-31(51)33(53)36(56)42(64-27)62-25-12-20-23(60-39(25)17-8-21(46)29(49)22(47)9-17)10-19(45)11-24(20)61-41-35(55)32(52)30(50)26(13-43)63-41/h2-12,15,26-27,30-38,40-43,50-57H,13-14H2,1H3,(H4-,44,45,46,47,48,49)/p+1/t15-,26-,27-,30-,31-,32+,33+,34-,35-,36-,37+,38-,40-,41-,42-/m1/s1. The largest absolute Gasteiger partial charge is 0.508 e. The van der Waals surface area contributed by atoms with Crippen LogP contribution in [0.15, 0.2) is 65.1 Å². The zero-order valence-electron chi connectivity index (χ0n) is 33.9. The fourth-order valence-electron chi connectivity index (χ4n) is 7.28. The lowest BCUT2D eigenvalue weighted by Gasteiger charge is -2.42. The van der Waals surface area contributed by atoms with E-state index in [1.165, 1.54) is 37.3 Å². The molecule has 65 heavy (non-hydrogen) atoms. The molecule has 23 nitrogen and oxygen atoms in total. The molecular formula is C42H47O23+. The quantitative estimate of drug-likeness (QED) is 0.0329. The Balaban J connectivity index is 1.12. The van der Waals surface area contributed by atoms with Crippen molar-refractivity contribution in [3.63, 3.8) is 0 Å². The van der Waals surface area contributed by atoms with Crippen LogP contribution in [0.3, 0.4) is 0 Å². The number of phenolic OH excluding ortho intramolecular Hbond substituents is 5. The van der Waals surface area contributed by atoms with Crippen molar-refractivity contribution in [2.45, 2.75) is 99.0 Å². The van der Waals surface area contributed by atoms with E-state index in [-0.39, 0.29) is 33.8 Å². The normalized spacial score (nSPS) is 32.9. The van der Waals surface area contributed by atoms with Crippen molar-refractivity contribution in [1.82, 2.24) is 0 Å². The van der Waals surface area contributed by atoms with E-state index in [9.17, 15) is 76.3 Å². The summed E-state index contributed by atoms with van der Waals surface area (Å²) in [6.45, 7) is -0.0677. The van der Waals surface area contributed by atoms with Gasteiger partial charge in [0.1, 0.15) is 83.7 Å². The van der Waals surface area contributed by atoms with Gasteiger partial charge in [-0.3, -0.25) is 0 Å². The van der Waals surface area contributed by atoms with Gasteiger partial charge in [-0.25, -0.2) is 9.21 Å². The number of hydrogen-bond donors (Lipinski definition) is 14. The number of benzene rings is 3. The molecular weight excluding hydrogens is 872 g/mol. The summed E-state index contributed by atoms with van der Waals surface area (Å²) >= 11 is 0. The van der Waals surface area contributed by atoms with Gasteiger partial charge in [0.2, 0.25) is 18.3 Å². The number of rotatable bonds is 12. The Labute approximate surface area is 366 Å². The highest BCUT2D eigenvalue weighted by Gasteiger charge is 2.50. The first-order valence-electron chi connectivity index (χ1n) is 19.9. The Morgan fingerprint density at radius 1 is 0.662 bits per heavy atom. The summed E-state index contributed by atoms with van der Waals surface area (Å²) in [6.07, 6.45) is -23.3. The topological polar surface area (TPSA) is 376 Å². The molecule has 3 aliphatic rings. The molecule has 4 heterocycles. The Bertz CT molecular complexity index is 2320. The van der Waals surface area contributed by atoms with E-state index < -0.39 is 140 Å². The first-order chi connectivity index (χ1) is 30.8. The number of aliphatic hydroxyl groups is 9. The lowest BCUT2D eigenvalue weighted by molar-refractivity contribution is -0.319. The Morgan fingerprint density at radius 2 is 1.25 bits per heavy atom. The number of esters is 1. The van der Waals surface area contributed by atoms with Crippen LogP contribution in [-0.2, 0) is 28.5 Å². The molecule has 4 aromatic rings. The van der Waals surface area contributed by atoms with Gasteiger partial charge in [-0.1, -0.05) is 12.1 Å². The first kappa shape index (κ1) is 47.3. The molecule has 0 unspecified atom stereocenters. The first-order valence-corrected chi connectivity index (χ1v) is 19.9. The Morgan fingerprint density at radius 3 is 1.88 bits per heavy atom. The fraction of sp³-hybridized carbons (Fsp3) is 0.429. The monoisotopic (exact) mass is 919 g/mol. The van der Waals surface area contributed by atoms with Gasteiger partial charge in [0, 0.05) is 30.3 Å². The summed E-state index contributed by atoms with van der Waals surface area (Å²) in [7, 11) is 0. The van der Waals surface area contributed by atoms with E-state index in [4.69, 9.17) is 37.6 Å². The molecule has 14 N–H and O–H groups in total. The van der Waals surface area contributed by atoms with Crippen molar-refractivity contribution in [2.75, 3.05) is 13.2 Å². The minimum atomic E-state index is -2.03. The number of phenols is 5. The summed E-state index contributed by atoms with van der Waals surface area (Å²) in [4.78, 5) is 12.6. The van der Waals surface area contributed by atoms with Gasteiger partial charge in [-0.15, -0.1) is 0 Å². The number of aliphatic hydroxyl groups excluding tert-OH is 9. The van der Waals surface area contributed by atoms with Gasteiger partial charge < -0.3 is 105 Å². The van der Waals surface area contributed by atoms with Crippen molar-refractivity contribution in [3.8, 4) is 51.6 Å². The fourth-order valence-corrected chi connectivity index (χ4v) is 7.28. The van der Waals surface area contributed by atoms with E-state index in [2.05, 4.69) is 0 Å². The van der Waals surface area contributed by atoms with Gasteiger partial charge in [-0.05, 0) is 30.7 Å². The highest BCUT2D eigenvalue weighted by atomic mass is 16.7. The Kier molecular flexibility index (Phi) is 14.2. The maximum Gasteiger partial charge on any atom is 0.402 e. The summed E-state index contributed by atoms with van der Waals surface area (Å²) in [6, 6.07) is 11.1. The second-order valence-corrected chi connectivity index (χ2v) is 15.5. The average Bonchev–Trinajstić information content (AvgIpc) is 3.27. The number of aromatic hydroxyl groups is 5. The summed E-state index contributed by atoms with van der Waals surface area (Å²) in [5.74, 6) is -5.06. The van der Waals surface area contributed by atoms with E-state index in [0.717, 1.165) is 36.4 Å². The van der Waals surface area contributed by atoms with Gasteiger partial charge in [0.15, 0.2) is 29.6 Å². The maximum absolute atomic E-state index is 12.6. The molecule has 3 fully saturated rings. The van der Waals surface area contributed by atoms with Crippen LogP contribution in [0, 0.1) is 0 Å². The molecule has 15 atom stereocenters. The molecule has 0 spiro atoms. The van der Waals surface area contributed by atoms with Gasteiger partial charge >= 0.3 is 17.3 Å². The molecule has 3 aliphatic heterocycles. The van der Waals surface area contributed by atoms with Gasteiger partial charge in [0.25, 0.3) is 0 Å². The third-order valence-electron chi connectivity index (χ3n) is 10.9. The molecule has 7 rings (SSSR count). The second kappa shape index (κ2) is 19.4. The minimum absolute atomic E-state index is 0.0194. The lowest BCUT2D eigenvalue weighted by Crippen LogP contribution is -2.62. The third kappa shape index (κ3) is 9.97. The third-order valence-corrected chi connectivity index (χ3v) is 10.9. The number of carbonyl (C=O) groups is 1. The molecule has 0 aliphatic carbocycles. The predicted octanol–water partition coefficient (Wildman–Crippen LogP) is -1.62. The van der Waals surface area contributed by atoms with Crippen molar-refractivity contribution >= 4 is 23.0 Å². The number of hydrogen-bond acceptors (Lipinski definition) is 22. The molecule has 0 radical (unpaired) electrons. The van der Waals surface area contributed by atoms with Crippen LogP contribution < -0.4 is 9.47 Å². The number of carbonyl (C=O) groups excluding carboxylic acids is 1. The van der Waals surface area contributed by atoms with Crippen molar-refractivity contribution in [2.24, 2.45) is 0 Å². The van der Waals surface area contributed by atoms with Crippen LogP contribution in [0.4, 0.5) is 0 Å². The van der Waals surface area contributed by atoms with E-state index >= 15 is 0 Å². The lowest BCUT2D eigenvalue weighted by atomic mass is 9.98. The van der Waals surface area contributed by atoms with E-state index in [1.54, 1.807) is 0 Å². The molecule has 3 saturated heterocycles. The van der Waals surface area contributed by atoms with Crippen LogP contribution in [0.2, 0.25) is 0 Å². The highest BCUT2D eigenvalue weighted by molar-refractivity contribution is 5.89. The number of ether oxygens (including phenoxy) is 7. The zero-order valence-corrected chi connectivity index (χ0v) is 33.9. The molecule has 0 amide bonds. The molecule has 1 aromatic heterocycles. The van der Waals surface area contributed by atoms with E-state index in [0.29, 0.717) is 5.56 Å². The molecule has 0 saturated carbocycles. The van der Waals surface area contributed by atoms with Gasteiger partial charge in [0.05, 0.1) is 30.9 Å². The van der Waals surface area contributed by atoms with Crippen LogP contribution in [0.1, 0.15) is 12.5 Å². The molecule has 23 heteroatoms. The average molecular weight is 920 g/mol. The maximum atomic E-state index is 12.6. The Hall–Kier alpha value is -5.64. The minimum Gasteiger partial charge on any atom is -0.508 e. The summed E-state index contributed by atoms with van der Waals surface area (Å²) in [5.41, 5.74) is 0.157. The van der Waals surface area contributed by atoms with E-state index in [1.807, 2.05) is 0 Å². The summed E-state index contributed by atoms with van der Waals surface area (Å²) < 4.78 is 45.8. The van der Waals surface area contributed by atoms with Gasteiger partial charge in [-0.2, -0.15) is 0 Å². The SMILES string of the molecule is C[C@H]1O[C@@H](OC[C@H]2O[C@@H](Oc3cc4c(O[C@@H]5O[C@H](CO)[C@@H](O)[C@H](O)[C@H]5O)cc(O)cc4[o+]c3-c3cc(O)c(O)c(O)c3)[C@H](O)[C@@H](O)[C@@H]2O)[C@@H](O)[C@@H](O)[C@@H]1OC(=O)/C=C/c1ccc(O)cc1. The molecule has 352 valence electrons. The second-order valence-electron chi connectivity index (χ2n) is 15.5. The summed E-state index contributed by atoms with van der Waals surface area (Å²) in [5, 5.41) is 146. The van der Waals surface area contributed by atoms with Crippen LogP contribution >= 0.6 is 0 Å².